The first-order valence-electron chi connectivity index (χ1n) is 4.47. The fourth-order valence-electron chi connectivity index (χ4n) is 2.01. The Hall–Kier alpha value is -0.720. The molecule has 68 valence electrons. The van der Waals surface area contributed by atoms with E-state index in [-0.39, 0.29) is 5.41 Å². The van der Waals surface area contributed by atoms with Gasteiger partial charge in [-0.05, 0) is 25.5 Å². The first-order valence-corrected chi connectivity index (χ1v) is 4.47. The van der Waals surface area contributed by atoms with Crippen molar-refractivity contribution in [1.82, 2.24) is 4.57 Å². The van der Waals surface area contributed by atoms with Crippen LogP contribution in [-0.2, 0) is 12.5 Å². The molecule has 0 atom stereocenters. The van der Waals surface area contributed by atoms with Gasteiger partial charge in [0.2, 0.25) is 0 Å². The van der Waals surface area contributed by atoms with Crippen molar-refractivity contribution >= 4 is 0 Å². The lowest BCUT2D eigenvalue weighted by atomic mass is 9.90. The van der Waals surface area contributed by atoms with Gasteiger partial charge in [0.1, 0.15) is 0 Å². The summed E-state index contributed by atoms with van der Waals surface area (Å²) in [6, 6.07) is 2.25. The highest BCUT2D eigenvalue weighted by Crippen LogP contribution is 2.27. The number of aromatic nitrogens is 1. The molecule has 0 fully saturated rings. The van der Waals surface area contributed by atoms with Crippen molar-refractivity contribution in [2.45, 2.75) is 40.0 Å². The second-order valence-electron chi connectivity index (χ2n) is 4.63. The topological polar surface area (TPSA) is 4.93 Å². The molecule has 0 spiro atoms. The van der Waals surface area contributed by atoms with Gasteiger partial charge in [0.25, 0.3) is 0 Å². The second-order valence-corrected chi connectivity index (χ2v) is 4.63. The van der Waals surface area contributed by atoms with E-state index in [1.54, 1.807) is 0 Å². The molecule has 1 aromatic heterocycles. The van der Waals surface area contributed by atoms with Gasteiger partial charge in [-0.15, -0.1) is 0 Å². The Labute approximate surface area is 75.4 Å². The first kappa shape index (κ1) is 9.37. The van der Waals surface area contributed by atoms with Crippen LogP contribution in [0.15, 0.2) is 6.07 Å². The maximum atomic E-state index is 2.29. The van der Waals surface area contributed by atoms with Crippen LogP contribution in [0.4, 0.5) is 0 Å². The van der Waals surface area contributed by atoms with E-state index in [1.165, 1.54) is 17.0 Å². The molecule has 0 aliphatic rings. The number of hydrogen-bond acceptors (Lipinski definition) is 0. The lowest BCUT2D eigenvalue weighted by Gasteiger charge is -2.21. The molecule has 0 amide bonds. The average Bonchev–Trinajstić information content (AvgIpc) is 2.05. The summed E-state index contributed by atoms with van der Waals surface area (Å²) in [6.07, 6.45) is 0. The molecule has 1 heterocycles. The third-order valence-corrected chi connectivity index (χ3v) is 2.37. The molecule has 0 N–H and O–H groups in total. The first-order chi connectivity index (χ1) is 5.34. The zero-order valence-corrected chi connectivity index (χ0v) is 9.02. The Morgan fingerprint density at radius 2 is 1.67 bits per heavy atom. The van der Waals surface area contributed by atoms with Gasteiger partial charge in [-0.2, -0.15) is 0 Å². The molecular formula is C11H19N. The Morgan fingerprint density at radius 3 is 1.83 bits per heavy atom. The molecule has 0 saturated carbocycles. The van der Waals surface area contributed by atoms with Crippen molar-refractivity contribution in [2.75, 3.05) is 0 Å². The molecule has 1 aromatic rings. The highest BCUT2D eigenvalue weighted by atomic mass is 15.0. The largest absolute Gasteiger partial charge is 0.351 e. The predicted molar refractivity (Wildman–Crippen MR) is 53.6 cm³/mol. The lowest BCUT2D eigenvalue weighted by Crippen LogP contribution is -2.17. The molecule has 0 bridgehead atoms. The van der Waals surface area contributed by atoms with Crippen LogP contribution in [0, 0.1) is 13.8 Å². The summed E-state index contributed by atoms with van der Waals surface area (Å²) in [5.41, 5.74) is 4.45. The van der Waals surface area contributed by atoms with Crippen molar-refractivity contribution in [3.05, 3.63) is 23.0 Å². The zero-order valence-electron chi connectivity index (χ0n) is 9.02. The zero-order chi connectivity index (χ0) is 9.52. The van der Waals surface area contributed by atoms with Gasteiger partial charge in [-0.1, -0.05) is 20.8 Å². The van der Waals surface area contributed by atoms with E-state index in [2.05, 4.69) is 52.3 Å². The maximum Gasteiger partial charge on any atom is 0.0257 e. The summed E-state index contributed by atoms with van der Waals surface area (Å²) in [4.78, 5) is 0. The highest BCUT2D eigenvalue weighted by Gasteiger charge is 2.20. The smallest absolute Gasteiger partial charge is 0.0257 e. The molecule has 0 saturated heterocycles. The van der Waals surface area contributed by atoms with Crippen LogP contribution < -0.4 is 0 Å². The van der Waals surface area contributed by atoms with Crippen LogP contribution in [0.1, 0.15) is 37.7 Å². The van der Waals surface area contributed by atoms with Crippen molar-refractivity contribution in [3.8, 4) is 0 Å². The molecule has 0 aliphatic heterocycles. The third-order valence-electron chi connectivity index (χ3n) is 2.37. The fraction of sp³-hybridized carbons (Fsp3) is 0.636. The lowest BCUT2D eigenvalue weighted by molar-refractivity contribution is 0.536. The summed E-state index contributed by atoms with van der Waals surface area (Å²) in [7, 11) is 2.14. The quantitative estimate of drug-likeness (QED) is 0.557. The molecule has 0 aliphatic carbocycles. The molecular weight excluding hydrogens is 146 g/mol. The van der Waals surface area contributed by atoms with Crippen LogP contribution >= 0.6 is 0 Å². The number of aryl methyl sites for hydroxylation is 2. The van der Waals surface area contributed by atoms with Crippen molar-refractivity contribution in [3.63, 3.8) is 0 Å². The van der Waals surface area contributed by atoms with Gasteiger partial charge in [-0.3, -0.25) is 0 Å². The van der Waals surface area contributed by atoms with Crippen molar-refractivity contribution in [1.29, 1.82) is 0 Å². The minimum Gasteiger partial charge on any atom is -0.351 e. The van der Waals surface area contributed by atoms with Gasteiger partial charge >= 0.3 is 0 Å². The standard InChI is InChI=1S/C11H19N/c1-8-7-9(2)12(6)10(8)11(3,4)5/h7H,1-6H3. The Bertz CT molecular complexity index is 287. The van der Waals surface area contributed by atoms with Crippen LogP contribution in [0.5, 0.6) is 0 Å². The third kappa shape index (κ3) is 1.40. The minimum atomic E-state index is 0.257. The second kappa shape index (κ2) is 2.65. The molecule has 1 rings (SSSR count). The molecule has 12 heavy (non-hydrogen) atoms. The SMILES string of the molecule is Cc1cc(C)n(C)c1C(C)(C)C. The van der Waals surface area contributed by atoms with Gasteiger partial charge in [0, 0.05) is 23.9 Å². The van der Waals surface area contributed by atoms with Crippen LogP contribution in [0.2, 0.25) is 0 Å². The number of rotatable bonds is 0. The highest BCUT2D eigenvalue weighted by molar-refractivity contribution is 5.30. The van der Waals surface area contributed by atoms with Crippen LogP contribution in [-0.4, -0.2) is 4.57 Å². The van der Waals surface area contributed by atoms with E-state index < -0.39 is 0 Å². The normalized spacial score (nSPS) is 12.2. The van der Waals surface area contributed by atoms with Crippen LogP contribution in [0.25, 0.3) is 0 Å². The van der Waals surface area contributed by atoms with E-state index in [4.69, 9.17) is 0 Å². The summed E-state index contributed by atoms with van der Waals surface area (Å²) in [5.74, 6) is 0. The van der Waals surface area contributed by atoms with Crippen molar-refractivity contribution in [2.24, 2.45) is 7.05 Å². The number of nitrogens with zero attached hydrogens (tertiary/aromatic N) is 1. The van der Waals surface area contributed by atoms with E-state index in [0.717, 1.165) is 0 Å². The summed E-state index contributed by atoms with van der Waals surface area (Å²) < 4.78 is 2.29. The molecule has 0 unspecified atom stereocenters. The molecule has 1 nitrogen and oxygen atoms in total. The van der Waals surface area contributed by atoms with Gasteiger partial charge in [0.05, 0.1) is 0 Å². The van der Waals surface area contributed by atoms with Crippen molar-refractivity contribution < 1.29 is 0 Å². The van der Waals surface area contributed by atoms with E-state index >= 15 is 0 Å². The summed E-state index contributed by atoms with van der Waals surface area (Å²) >= 11 is 0. The van der Waals surface area contributed by atoms with Gasteiger partial charge < -0.3 is 4.57 Å². The monoisotopic (exact) mass is 165 g/mol. The fourth-order valence-corrected chi connectivity index (χ4v) is 2.01. The maximum absolute atomic E-state index is 2.29. The van der Waals surface area contributed by atoms with Gasteiger partial charge in [0.15, 0.2) is 0 Å². The Balaban J connectivity index is 3.32. The Morgan fingerprint density at radius 1 is 1.17 bits per heavy atom. The molecule has 0 aromatic carbocycles. The number of hydrogen-bond donors (Lipinski definition) is 0. The summed E-state index contributed by atoms with van der Waals surface area (Å²) in [5, 5.41) is 0. The Kier molecular flexibility index (Phi) is 2.07. The van der Waals surface area contributed by atoms with E-state index in [1.807, 2.05) is 0 Å². The molecule has 1 heteroatoms. The average molecular weight is 165 g/mol. The molecule has 0 radical (unpaired) electrons. The predicted octanol–water partition coefficient (Wildman–Crippen LogP) is 2.94. The van der Waals surface area contributed by atoms with E-state index in [9.17, 15) is 0 Å². The summed E-state index contributed by atoms with van der Waals surface area (Å²) in [6.45, 7) is 11.1. The van der Waals surface area contributed by atoms with E-state index in [0.29, 0.717) is 0 Å². The van der Waals surface area contributed by atoms with Crippen LogP contribution in [0.3, 0.4) is 0 Å². The van der Waals surface area contributed by atoms with Gasteiger partial charge in [-0.25, -0.2) is 0 Å². The minimum absolute atomic E-state index is 0.257.